The number of esters is 1. The minimum Gasteiger partial charge on any atom is -0.507 e. The molecule has 0 aliphatic heterocycles. The number of hydrogen-bond acceptors (Lipinski definition) is 6. The Morgan fingerprint density at radius 2 is 2.07 bits per heavy atom. The van der Waals surface area contributed by atoms with Crippen LogP contribution in [0.3, 0.4) is 0 Å². The Bertz CT molecular complexity index is 997. The molecule has 8 heteroatoms. The van der Waals surface area contributed by atoms with E-state index in [4.69, 9.17) is 4.74 Å². The molecule has 28 heavy (non-hydrogen) atoms. The molecular weight excluding hydrogens is 360 g/mol. The Morgan fingerprint density at radius 3 is 2.71 bits per heavy atom. The first kappa shape index (κ1) is 19.3. The third-order valence-electron chi connectivity index (χ3n) is 4.74. The van der Waals surface area contributed by atoms with E-state index < -0.39 is 11.9 Å². The van der Waals surface area contributed by atoms with Gasteiger partial charge in [-0.25, -0.2) is 4.98 Å². The molecule has 0 aliphatic carbocycles. The van der Waals surface area contributed by atoms with E-state index in [1.807, 2.05) is 0 Å². The Balaban J connectivity index is 2.05. The highest BCUT2D eigenvalue weighted by Crippen LogP contribution is 2.32. The van der Waals surface area contributed by atoms with Crippen molar-refractivity contribution in [3.05, 3.63) is 76.0 Å². The number of carbonyl (C=O) groups is 1. The van der Waals surface area contributed by atoms with Crippen molar-refractivity contribution in [2.75, 3.05) is 7.11 Å². The van der Waals surface area contributed by atoms with Crippen LogP contribution in [-0.2, 0) is 22.5 Å². The zero-order valence-electron chi connectivity index (χ0n) is 15.8. The molecule has 0 spiro atoms. The van der Waals surface area contributed by atoms with Crippen LogP contribution in [0.25, 0.3) is 0 Å². The van der Waals surface area contributed by atoms with Gasteiger partial charge in [0, 0.05) is 48.9 Å². The zero-order valence-corrected chi connectivity index (χ0v) is 15.8. The van der Waals surface area contributed by atoms with Crippen LogP contribution in [0.5, 0.6) is 5.75 Å². The summed E-state index contributed by atoms with van der Waals surface area (Å²) in [6.07, 6.45) is 6.99. The highest BCUT2D eigenvalue weighted by Gasteiger charge is 2.26. The molecule has 3 aromatic rings. The van der Waals surface area contributed by atoms with Crippen LogP contribution in [0.15, 0.2) is 47.9 Å². The summed E-state index contributed by atoms with van der Waals surface area (Å²) in [5, 5.41) is 10.6. The molecule has 3 aromatic heterocycles. The van der Waals surface area contributed by atoms with Crippen molar-refractivity contribution in [2.24, 2.45) is 0 Å². The predicted octanol–water partition coefficient (Wildman–Crippen LogP) is 1.92. The molecule has 0 fully saturated rings. The molecule has 0 bridgehead atoms. The molecule has 1 atom stereocenters. The normalized spacial score (nSPS) is 11.9. The number of carbonyl (C=O) groups excluding carboxylic acids is 1. The van der Waals surface area contributed by atoms with Crippen molar-refractivity contribution in [3.63, 3.8) is 0 Å². The lowest BCUT2D eigenvalue weighted by molar-refractivity contribution is -0.140. The van der Waals surface area contributed by atoms with Crippen LogP contribution >= 0.6 is 0 Å². The number of imidazole rings is 1. The quantitative estimate of drug-likeness (QED) is 0.604. The topological polar surface area (TPSA) is 110 Å². The summed E-state index contributed by atoms with van der Waals surface area (Å²) in [4.78, 5) is 36.2. The fourth-order valence-electron chi connectivity index (χ4n) is 3.26. The van der Waals surface area contributed by atoms with Crippen molar-refractivity contribution in [3.8, 4) is 5.75 Å². The van der Waals surface area contributed by atoms with Crippen molar-refractivity contribution >= 4 is 5.97 Å². The SMILES string of the molecule is COC(=O)CC(c1ccncc1)c1c(O)cc(C)n(CCc2cnc[nH]2)c1=O. The minimum atomic E-state index is -0.637. The van der Waals surface area contributed by atoms with Gasteiger partial charge in [-0.05, 0) is 30.7 Å². The third kappa shape index (κ3) is 4.11. The summed E-state index contributed by atoms with van der Waals surface area (Å²) in [5.41, 5.74) is 2.09. The first-order valence-corrected chi connectivity index (χ1v) is 8.88. The van der Waals surface area contributed by atoms with E-state index in [1.54, 1.807) is 54.6 Å². The van der Waals surface area contributed by atoms with Crippen LogP contribution in [0.1, 0.15) is 34.9 Å². The second kappa shape index (κ2) is 8.51. The second-order valence-corrected chi connectivity index (χ2v) is 6.48. The highest BCUT2D eigenvalue weighted by molar-refractivity contribution is 5.71. The van der Waals surface area contributed by atoms with Gasteiger partial charge >= 0.3 is 5.97 Å². The number of methoxy groups -OCH3 is 1. The number of aromatic nitrogens is 4. The third-order valence-corrected chi connectivity index (χ3v) is 4.74. The fourth-order valence-corrected chi connectivity index (χ4v) is 3.26. The lowest BCUT2D eigenvalue weighted by Crippen LogP contribution is -2.29. The lowest BCUT2D eigenvalue weighted by Gasteiger charge is -2.20. The Morgan fingerprint density at radius 1 is 1.32 bits per heavy atom. The largest absolute Gasteiger partial charge is 0.507 e. The van der Waals surface area contributed by atoms with Crippen LogP contribution in [0.4, 0.5) is 0 Å². The molecule has 1 unspecified atom stereocenters. The van der Waals surface area contributed by atoms with Gasteiger partial charge in [-0.3, -0.25) is 14.6 Å². The van der Waals surface area contributed by atoms with Gasteiger partial charge in [0.15, 0.2) is 0 Å². The number of ether oxygens (including phenoxy) is 1. The maximum Gasteiger partial charge on any atom is 0.306 e. The van der Waals surface area contributed by atoms with E-state index in [1.165, 1.54) is 7.11 Å². The summed E-state index contributed by atoms with van der Waals surface area (Å²) < 4.78 is 6.40. The molecule has 146 valence electrons. The molecule has 0 saturated carbocycles. The molecule has 3 rings (SSSR count). The maximum absolute atomic E-state index is 13.3. The van der Waals surface area contributed by atoms with Gasteiger partial charge in [-0.2, -0.15) is 0 Å². The molecule has 2 N–H and O–H groups in total. The number of H-pyrrole nitrogens is 1. The van der Waals surface area contributed by atoms with Gasteiger partial charge in [0.05, 0.1) is 25.4 Å². The number of aryl methyl sites for hydroxylation is 2. The van der Waals surface area contributed by atoms with E-state index in [9.17, 15) is 14.7 Å². The van der Waals surface area contributed by atoms with Crippen LogP contribution in [-0.4, -0.2) is 37.7 Å². The number of nitrogens with zero attached hydrogens (tertiary/aromatic N) is 3. The fraction of sp³-hybridized carbons (Fsp3) is 0.300. The Labute approximate surface area is 161 Å². The Kier molecular flexibility index (Phi) is 5.88. The zero-order chi connectivity index (χ0) is 20.1. The number of hydrogen-bond donors (Lipinski definition) is 2. The van der Waals surface area contributed by atoms with Gasteiger partial charge in [0.2, 0.25) is 0 Å². The standard InChI is InChI=1S/C20H22N4O4/c1-13-9-17(25)19(20(27)24(13)8-5-15-11-22-12-23-15)16(10-18(26)28-2)14-3-6-21-7-4-14/h3-4,6-7,9,11-12,16,25H,5,8,10H2,1-2H3,(H,22,23). The van der Waals surface area contributed by atoms with Crippen LogP contribution in [0.2, 0.25) is 0 Å². The number of nitrogens with one attached hydrogen (secondary N) is 1. The first-order chi connectivity index (χ1) is 13.5. The van der Waals surface area contributed by atoms with E-state index in [2.05, 4.69) is 15.0 Å². The first-order valence-electron chi connectivity index (χ1n) is 8.88. The smallest absolute Gasteiger partial charge is 0.306 e. The van der Waals surface area contributed by atoms with E-state index >= 15 is 0 Å². The van der Waals surface area contributed by atoms with Crippen molar-refractivity contribution < 1.29 is 14.6 Å². The summed E-state index contributed by atoms with van der Waals surface area (Å²) in [7, 11) is 1.30. The van der Waals surface area contributed by atoms with Gasteiger partial charge in [0.25, 0.3) is 5.56 Å². The molecule has 0 amide bonds. The van der Waals surface area contributed by atoms with Gasteiger partial charge in [-0.15, -0.1) is 0 Å². The summed E-state index contributed by atoms with van der Waals surface area (Å²) >= 11 is 0. The summed E-state index contributed by atoms with van der Waals surface area (Å²) in [6, 6.07) is 5.00. The number of pyridine rings is 2. The lowest BCUT2D eigenvalue weighted by atomic mass is 9.89. The molecule has 8 nitrogen and oxygen atoms in total. The average molecular weight is 382 g/mol. The number of aromatic hydroxyl groups is 1. The van der Waals surface area contributed by atoms with Crippen molar-refractivity contribution in [1.82, 2.24) is 19.5 Å². The number of aromatic amines is 1. The molecule has 0 aliphatic rings. The monoisotopic (exact) mass is 382 g/mol. The van der Waals surface area contributed by atoms with E-state index in [-0.39, 0.29) is 23.3 Å². The number of rotatable bonds is 7. The summed E-state index contributed by atoms with van der Waals surface area (Å²) in [6.45, 7) is 2.18. The van der Waals surface area contributed by atoms with Crippen molar-refractivity contribution in [2.45, 2.75) is 32.2 Å². The molecule has 0 saturated heterocycles. The Hall–Kier alpha value is -3.42. The molecule has 0 aromatic carbocycles. The van der Waals surface area contributed by atoms with E-state index in [0.29, 0.717) is 24.2 Å². The molecular formula is C20H22N4O4. The van der Waals surface area contributed by atoms with Gasteiger partial charge in [-0.1, -0.05) is 0 Å². The molecule has 0 radical (unpaired) electrons. The van der Waals surface area contributed by atoms with Crippen LogP contribution in [0, 0.1) is 6.92 Å². The van der Waals surface area contributed by atoms with Crippen LogP contribution < -0.4 is 5.56 Å². The highest BCUT2D eigenvalue weighted by atomic mass is 16.5. The second-order valence-electron chi connectivity index (χ2n) is 6.48. The minimum absolute atomic E-state index is 0.0626. The summed E-state index contributed by atoms with van der Waals surface area (Å²) in [5.74, 6) is -1.24. The van der Waals surface area contributed by atoms with Gasteiger partial charge < -0.3 is 19.4 Å². The van der Waals surface area contributed by atoms with E-state index in [0.717, 1.165) is 5.69 Å². The van der Waals surface area contributed by atoms with Crippen molar-refractivity contribution in [1.29, 1.82) is 0 Å². The average Bonchev–Trinajstić information content (AvgIpc) is 3.20. The maximum atomic E-state index is 13.3. The van der Waals surface area contributed by atoms with Gasteiger partial charge in [0.1, 0.15) is 5.75 Å². The predicted molar refractivity (Wildman–Crippen MR) is 102 cm³/mol. The molecule has 3 heterocycles.